The van der Waals surface area contributed by atoms with E-state index < -0.39 is 21.8 Å². The van der Waals surface area contributed by atoms with Crippen LogP contribution in [0, 0.1) is 0 Å². The normalized spacial score (nSPS) is 15.6. The number of anilines is 2. The molecule has 2 N–H and O–H groups in total. The van der Waals surface area contributed by atoms with Gasteiger partial charge in [0.2, 0.25) is 10.0 Å². The van der Waals surface area contributed by atoms with Crippen molar-refractivity contribution in [1.29, 1.82) is 0 Å². The van der Waals surface area contributed by atoms with Crippen LogP contribution in [0.25, 0.3) is 10.9 Å². The van der Waals surface area contributed by atoms with E-state index in [9.17, 15) is 21.6 Å². The summed E-state index contributed by atoms with van der Waals surface area (Å²) in [7, 11) is -3.85. The van der Waals surface area contributed by atoms with E-state index in [0.29, 0.717) is 37.3 Å². The van der Waals surface area contributed by atoms with Gasteiger partial charge in [0.1, 0.15) is 4.90 Å². The highest BCUT2D eigenvalue weighted by molar-refractivity contribution is 7.89. The summed E-state index contributed by atoms with van der Waals surface area (Å²) in [6.45, 7) is 2.21. The van der Waals surface area contributed by atoms with Crippen LogP contribution in [0.1, 0.15) is 5.56 Å². The summed E-state index contributed by atoms with van der Waals surface area (Å²) in [4.78, 5) is 8.18. The lowest BCUT2D eigenvalue weighted by Gasteiger charge is -2.38. The second kappa shape index (κ2) is 7.44. The number of halogens is 3. The number of nitrogens with zero attached hydrogens (tertiary/aromatic N) is 3. The number of benzene rings is 2. The molecule has 0 atom stereocenters. The summed E-state index contributed by atoms with van der Waals surface area (Å²) in [6.07, 6.45) is -2.92. The molecular formula is C20H19F3N4O2S. The fourth-order valence-corrected chi connectivity index (χ4v) is 4.49. The molecule has 0 unspecified atom stereocenters. The Hall–Kier alpha value is -2.85. The van der Waals surface area contributed by atoms with E-state index in [4.69, 9.17) is 5.14 Å². The van der Waals surface area contributed by atoms with E-state index >= 15 is 0 Å². The van der Waals surface area contributed by atoms with Crippen molar-refractivity contribution in [2.24, 2.45) is 5.14 Å². The predicted octanol–water partition coefficient (Wildman–Crippen LogP) is 3.23. The summed E-state index contributed by atoms with van der Waals surface area (Å²) < 4.78 is 62.7. The SMILES string of the molecule is NS(=O)(=O)c1ccccc1N1CCN(c2ccnc3cc(C(F)(F)F)ccc23)CC1. The molecule has 0 amide bonds. The monoisotopic (exact) mass is 436 g/mol. The van der Waals surface area contributed by atoms with Gasteiger partial charge in [0.25, 0.3) is 0 Å². The Morgan fingerprint density at radius 2 is 1.53 bits per heavy atom. The molecule has 1 aliphatic heterocycles. The van der Waals surface area contributed by atoms with Gasteiger partial charge in [-0.1, -0.05) is 18.2 Å². The smallest absolute Gasteiger partial charge is 0.367 e. The number of rotatable bonds is 3. The molecule has 0 spiro atoms. The minimum atomic E-state index is -4.42. The van der Waals surface area contributed by atoms with Crippen LogP contribution in [-0.4, -0.2) is 39.6 Å². The lowest BCUT2D eigenvalue weighted by atomic mass is 10.1. The molecule has 1 aliphatic rings. The molecule has 1 aromatic heterocycles. The molecule has 158 valence electrons. The van der Waals surface area contributed by atoms with Crippen molar-refractivity contribution in [2.45, 2.75) is 11.1 Å². The number of nitrogens with two attached hydrogens (primary N) is 1. The van der Waals surface area contributed by atoms with Crippen molar-refractivity contribution >= 4 is 32.3 Å². The van der Waals surface area contributed by atoms with Crippen molar-refractivity contribution in [2.75, 3.05) is 36.0 Å². The zero-order valence-electron chi connectivity index (χ0n) is 15.8. The molecule has 2 heterocycles. The maximum Gasteiger partial charge on any atom is 0.416 e. The highest BCUT2D eigenvalue weighted by atomic mass is 32.2. The Bertz CT molecular complexity index is 1190. The van der Waals surface area contributed by atoms with E-state index in [1.54, 1.807) is 24.3 Å². The molecule has 3 aromatic rings. The molecule has 4 rings (SSSR count). The van der Waals surface area contributed by atoms with Crippen LogP contribution in [0.2, 0.25) is 0 Å². The number of sulfonamides is 1. The summed E-state index contributed by atoms with van der Waals surface area (Å²) >= 11 is 0. The predicted molar refractivity (Wildman–Crippen MR) is 109 cm³/mol. The van der Waals surface area contributed by atoms with Crippen LogP contribution in [0.5, 0.6) is 0 Å². The molecule has 0 bridgehead atoms. The third kappa shape index (κ3) is 3.92. The molecule has 1 saturated heterocycles. The van der Waals surface area contributed by atoms with E-state index in [1.807, 2.05) is 4.90 Å². The van der Waals surface area contributed by atoms with Crippen LogP contribution < -0.4 is 14.9 Å². The van der Waals surface area contributed by atoms with E-state index in [0.717, 1.165) is 17.8 Å². The number of aromatic nitrogens is 1. The van der Waals surface area contributed by atoms with Crippen molar-refractivity contribution < 1.29 is 21.6 Å². The lowest BCUT2D eigenvalue weighted by Crippen LogP contribution is -2.47. The Morgan fingerprint density at radius 3 is 2.17 bits per heavy atom. The summed E-state index contributed by atoms with van der Waals surface area (Å²) in [5.74, 6) is 0. The van der Waals surface area contributed by atoms with Gasteiger partial charge in [0.15, 0.2) is 0 Å². The average Bonchev–Trinajstić information content (AvgIpc) is 2.72. The van der Waals surface area contributed by atoms with E-state index in [1.165, 1.54) is 18.3 Å². The first kappa shape index (κ1) is 20.4. The summed E-state index contributed by atoms with van der Waals surface area (Å²) in [6, 6.07) is 11.9. The van der Waals surface area contributed by atoms with Gasteiger partial charge in [-0.2, -0.15) is 13.2 Å². The van der Waals surface area contributed by atoms with Gasteiger partial charge in [-0.05, 0) is 30.3 Å². The highest BCUT2D eigenvalue weighted by Crippen LogP contribution is 2.34. The second-order valence-corrected chi connectivity index (χ2v) is 8.58. The third-order valence-corrected chi connectivity index (χ3v) is 6.14. The molecule has 0 aliphatic carbocycles. The van der Waals surface area contributed by atoms with Gasteiger partial charge in [-0.15, -0.1) is 0 Å². The van der Waals surface area contributed by atoms with Gasteiger partial charge in [-0.25, -0.2) is 13.6 Å². The maximum atomic E-state index is 13.0. The third-order valence-electron chi connectivity index (χ3n) is 5.18. The molecule has 30 heavy (non-hydrogen) atoms. The number of hydrogen-bond acceptors (Lipinski definition) is 5. The van der Waals surface area contributed by atoms with Crippen LogP contribution >= 0.6 is 0 Å². The fourth-order valence-electron chi connectivity index (χ4n) is 3.73. The van der Waals surface area contributed by atoms with Gasteiger partial charge in [0, 0.05) is 43.4 Å². The first-order valence-corrected chi connectivity index (χ1v) is 10.8. The zero-order valence-corrected chi connectivity index (χ0v) is 16.6. The van der Waals surface area contributed by atoms with Crippen molar-refractivity contribution in [3.05, 3.63) is 60.3 Å². The van der Waals surface area contributed by atoms with Gasteiger partial charge < -0.3 is 9.80 Å². The van der Waals surface area contributed by atoms with Crippen molar-refractivity contribution in [3.63, 3.8) is 0 Å². The van der Waals surface area contributed by atoms with Crippen molar-refractivity contribution in [1.82, 2.24) is 4.98 Å². The second-order valence-electron chi connectivity index (χ2n) is 7.05. The van der Waals surface area contributed by atoms with E-state index in [2.05, 4.69) is 9.88 Å². The molecule has 0 saturated carbocycles. The number of para-hydroxylation sites is 1. The van der Waals surface area contributed by atoms with Gasteiger partial charge in [0.05, 0.1) is 16.8 Å². The Labute approximate surface area is 171 Å². The molecule has 6 nitrogen and oxygen atoms in total. The molecule has 2 aromatic carbocycles. The fraction of sp³-hybridized carbons (Fsp3) is 0.250. The number of fused-ring (bicyclic) bond motifs is 1. The maximum absolute atomic E-state index is 13.0. The Balaban J connectivity index is 1.59. The lowest BCUT2D eigenvalue weighted by molar-refractivity contribution is -0.137. The van der Waals surface area contributed by atoms with Crippen LogP contribution in [0.3, 0.4) is 0 Å². The first-order chi connectivity index (χ1) is 14.1. The number of piperazine rings is 1. The molecule has 1 fully saturated rings. The Morgan fingerprint density at radius 1 is 0.900 bits per heavy atom. The molecule has 10 heteroatoms. The quantitative estimate of drug-likeness (QED) is 0.682. The molecular weight excluding hydrogens is 417 g/mol. The summed E-state index contributed by atoms with van der Waals surface area (Å²) in [5.41, 5.74) is 0.899. The van der Waals surface area contributed by atoms with E-state index in [-0.39, 0.29) is 10.4 Å². The minimum absolute atomic E-state index is 0.0764. The minimum Gasteiger partial charge on any atom is -0.367 e. The number of pyridine rings is 1. The number of hydrogen-bond donors (Lipinski definition) is 1. The Kier molecular flexibility index (Phi) is 5.07. The molecule has 0 radical (unpaired) electrons. The van der Waals surface area contributed by atoms with Crippen LogP contribution in [0.15, 0.2) is 59.6 Å². The first-order valence-electron chi connectivity index (χ1n) is 9.22. The standard InChI is InChI=1S/C20H19F3N4O2S/c21-20(22,23)14-5-6-15-16(13-14)25-8-7-17(15)26-9-11-27(12-10-26)18-3-1-2-4-19(18)30(24,28)29/h1-8,13H,9-12H2,(H2,24,28,29). The number of primary sulfonamides is 1. The largest absolute Gasteiger partial charge is 0.416 e. The van der Waals surface area contributed by atoms with Crippen molar-refractivity contribution in [3.8, 4) is 0 Å². The van der Waals surface area contributed by atoms with Crippen LogP contribution in [-0.2, 0) is 16.2 Å². The van der Waals surface area contributed by atoms with Crippen LogP contribution in [0.4, 0.5) is 24.5 Å². The summed E-state index contributed by atoms with van der Waals surface area (Å²) in [5, 5.41) is 5.98. The zero-order chi connectivity index (χ0) is 21.5. The van der Waals surface area contributed by atoms with Gasteiger partial charge in [-0.3, -0.25) is 4.98 Å². The highest BCUT2D eigenvalue weighted by Gasteiger charge is 2.31. The topological polar surface area (TPSA) is 79.5 Å². The number of alkyl halides is 3. The van der Waals surface area contributed by atoms with Gasteiger partial charge >= 0.3 is 6.18 Å². The average molecular weight is 436 g/mol.